The van der Waals surface area contributed by atoms with Crippen LogP contribution in [0.15, 0.2) is 18.2 Å². The molecule has 1 heterocycles. The van der Waals surface area contributed by atoms with Gasteiger partial charge in [0, 0.05) is 35.2 Å². The van der Waals surface area contributed by atoms with E-state index < -0.39 is 0 Å². The van der Waals surface area contributed by atoms with Crippen LogP contribution in [-0.4, -0.2) is 16.5 Å². The van der Waals surface area contributed by atoms with Crippen molar-refractivity contribution in [1.29, 1.82) is 0 Å². The summed E-state index contributed by atoms with van der Waals surface area (Å²) in [4.78, 5) is 12.0. The van der Waals surface area contributed by atoms with Gasteiger partial charge in [-0.1, -0.05) is 0 Å². The summed E-state index contributed by atoms with van der Waals surface area (Å²) in [5.41, 5.74) is 4.38. The van der Waals surface area contributed by atoms with Gasteiger partial charge in [0.15, 0.2) is 0 Å². The van der Waals surface area contributed by atoms with E-state index in [0.717, 1.165) is 10.9 Å². The fourth-order valence-electron chi connectivity index (χ4n) is 2.24. The SMILES string of the molecule is Cc1c(C)n(C)c2ccc(C(=O)NC(C)C)cc12. The number of hydrogen-bond donors (Lipinski definition) is 1. The number of carbonyl (C=O) groups excluding carboxylic acids is 1. The lowest BCUT2D eigenvalue weighted by atomic mass is 10.1. The third-order valence-corrected chi connectivity index (χ3v) is 3.49. The molecule has 0 spiro atoms. The van der Waals surface area contributed by atoms with Gasteiger partial charge in [0.1, 0.15) is 0 Å². The molecule has 1 N–H and O–H groups in total. The predicted octanol–water partition coefficient (Wildman–Crippen LogP) is 2.93. The molecule has 0 bridgehead atoms. The zero-order valence-corrected chi connectivity index (χ0v) is 11.7. The van der Waals surface area contributed by atoms with E-state index in [2.05, 4.69) is 30.8 Å². The molecule has 1 amide bonds. The van der Waals surface area contributed by atoms with Gasteiger partial charge in [-0.05, 0) is 51.5 Å². The summed E-state index contributed by atoms with van der Waals surface area (Å²) in [6.07, 6.45) is 0. The number of nitrogens with zero attached hydrogens (tertiary/aromatic N) is 1. The first-order valence-electron chi connectivity index (χ1n) is 6.28. The van der Waals surface area contributed by atoms with E-state index >= 15 is 0 Å². The minimum Gasteiger partial charge on any atom is -0.350 e. The van der Waals surface area contributed by atoms with E-state index in [1.807, 2.05) is 32.0 Å². The average molecular weight is 244 g/mol. The quantitative estimate of drug-likeness (QED) is 0.866. The van der Waals surface area contributed by atoms with E-state index in [-0.39, 0.29) is 11.9 Å². The number of fused-ring (bicyclic) bond motifs is 1. The van der Waals surface area contributed by atoms with Gasteiger partial charge in [0.25, 0.3) is 5.91 Å². The number of hydrogen-bond acceptors (Lipinski definition) is 1. The molecule has 0 saturated heterocycles. The van der Waals surface area contributed by atoms with Gasteiger partial charge in [-0.2, -0.15) is 0 Å². The lowest BCUT2D eigenvalue weighted by molar-refractivity contribution is 0.0943. The Bertz CT molecular complexity index is 608. The van der Waals surface area contributed by atoms with Crippen molar-refractivity contribution >= 4 is 16.8 Å². The fourth-order valence-corrected chi connectivity index (χ4v) is 2.24. The van der Waals surface area contributed by atoms with Gasteiger partial charge in [-0.25, -0.2) is 0 Å². The predicted molar refractivity (Wildman–Crippen MR) is 75.0 cm³/mol. The topological polar surface area (TPSA) is 34.0 Å². The molecule has 0 atom stereocenters. The monoisotopic (exact) mass is 244 g/mol. The molecule has 0 fully saturated rings. The van der Waals surface area contributed by atoms with E-state index in [1.54, 1.807) is 0 Å². The van der Waals surface area contributed by atoms with Crippen molar-refractivity contribution < 1.29 is 4.79 Å². The number of amides is 1. The van der Waals surface area contributed by atoms with Crippen molar-refractivity contribution in [2.24, 2.45) is 7.05 Å². The first-order valence-corrected chi connectivity index (χ1v) is 6.28. The van der Waals surface area contributed by atoms with Crippen molar-refractivity contribution in [3.63, 3.8) is 0 Å². The van der Waals surface area contributed by atoms with Crippen LogP contribution in [0.2, 0.25) is 0 Å². The molecule has 0 aliphatic heterocycles. The zero-order chi connectivity index (χ0) is 13.4. The van der Waals surface area contributed by atoms with Gasteiger partial charge in [-0.3, -0.25) is 4.79 Å². The van der Waals surface area contributed by atoms with Crippen LogP contribution in [-0.2, 0) is 7.05 Å². The molecule has 0 aliphatic rings. The fraction of sp³-hybridized carbons (Fsp3) is 0.400. The van der Waals surface area contributed by atoms with Crippen LogP contribution in [0.25, 0.3) is 10.9 Å². The Labute approximate surface area is 108 Å². The third kappa shape index (κ3) is 2.01. The summed E-state index contributed by atoms with van der Waals surface area (Å²) in [5, 5.41) is 4.08. The molecule has 1 aromatic carbocycles. The largest absolute Gasteiger partial charge is 0.350 e. The minimum absolute atomic E-state index is 0.00666. The van der Waals surface area contributed by atoms with Crippen molar-refractivity contribution in [1.82, 2.24) is 9.88 Å². The molecule has 0 unspecified atom stereocenters. The van der Waals surface area contributed by atoms with E-state index in [1.165, 1.54) is 16.8 Å². The van der Waals surface area contributed by atoms with E-state index in [9.17, 15) is 4.79 Å². The molecule has 0 aliphatic carbocycles. The summed E-state index contributed by atoms with van der Waals surface area (Å²) in [6.45, 7) is 8.13. The number of aromatic nitrogens is 1. The van der Waals surface area contributed by atoms with Crippen LogP contribution >= 0.6 is 0 Å². The van der Waals surface area contributed by atoms with Crippen molar-refractivity contribution in [3.05, 3.63) is 35.0 Å². The maximum Gasteiger partial charge on any atom is 0.251 e. The molecule has 0 saturated carbocycles. The Balaban J connectivity index is 2.51. The van der Waals surface area contributed by atoms with E-state index in [4.69, 9.17) is 0 Å². The third-order valence-electron chi connectivity index (χ3n) is 3.49. The normalized spacial score (nSPS) is 11.2. The number of benzene rings is 1. The highest BCUT2D eigenvalue weighted by molar-refractivity contribution is 5.99. The Hall–Kier alpha value is -1.77. The lowest BCUT2D eigenvalue weighted by Gasteiger charge is -2.08. The summed E-state index contributed by atoms with van der Waals surface area (Å²) >= 11 is 0. The van der Waals surface area contributed by atoms with Crippen LogP contribution in [0.1, 0.15) is 35.5 Å². The summed E-state index contributed by atoms with van der Waals surface area (Å²) in [7, 11) is 2.05. The standard InChI is InChI=1S/C15H20N2O/c1-9(2)16-15(18)12-6-7-14-13(8-12)10(3)11(4)17(14)5/h6-9H,1-5H3,(H,16,18). The second-order valence-electron chi connectivity index (χ2n) is 5.13. The number of nitrogens with one attached hydrogen (secondary N) is 1. The Morgan fingerprint density at radius 2 is 1.94 bits per heavy atom. The summed E-state index contributed by atoms with van der Waals surface area (Å²) < 4.78 is 2.16. The molecule has 1 aromatic heterocycles. The number of carbonyl (C=O) groups is 1. The van der Waals surface area contributed by atoms with Gasteiger partial charge >= 0.3 is 0 Å². The van der Waals surface area contributed by atoms with Crippen molar-refractivity contribution in [3.8, 4) is 0 Å². The molecule has 18 heavy (non-hydrogen) atoms. The lowest BCUT2D eigenvalue weighted by Crippen LogP contribution is -2.29. The van der Waals surface area contributed by atoms with Crippen LogP contribution in [0.5, 0.6) is 0 Å². The zero-order valence-electron chi connectivity index (χ0n) is 11.7. The van der Waals surface area contributed by atoms with Crippen molar-refractivity contribution in [2.45, 2.75) is 33.7 Å². The van der Waals surface area contributed by atoms with Crippen LogP contribution in [0, 0.1) is 13.8 Å². The second-order valence-corrected chi connectivity index (χ2v) is 5.13. The number of aryl methyl sites for hydroxylation is 2. The average Bonchev–Trinajstić information content (AvgIpc) is 2.53. The molecular weight excluding hydrogens is 224 g/mol. The van der Waals surface area contributed by atoms with Gasteiger partial charge in [-0.15, -0.1) is 0 Å². The maximum atomic E-state index is 12.0. The van der Waals surface area contributed by atoms with Gasteiger partial charge < -0.3 is 9.88 Å². The highest BCUT2D eigenvalue weighted by Crippen LogP contribution is 2.25. The van der Waals surface area contributed by atoms with E-state index in [0.29, 0.717) is 0 Å². The molecule has 2 aromatic rings. The maximum absolute atomic E-state index is 12.0. The molecule has 96 valence electrons. The van der Waals surface area contributed by atoms with Crippen LogP contribution in [0.4, 0.5) is 0 Å². The van der Waals surface area contributed by atoms with Crippen LogP contribution < -0.4 is 5.32 Å². The first kappa shape index (κ1) is 12.7. The molecule has 2 rings (SSSR count). The molecule has 3 nitrogen and oxygen atoms in total. The smallest absolute Gasteiger partial charge is 0.251 e. The Morgan fingerprint density at radius 1 is 1.28 bits per heavy atom. The summed E-state index contributed by atoms with van der Waals surface area (Å²) in [6, 6.07) is 6.05. The van der Waals surface area contributed by atoms with Gasteiger partial charge in [0.05, 0.1) is 0 Å². The van der Waals surface area contributed by atoms with Gasteiger partial charge in [0.2, 0.25) is 0 Å². The first-order chi connectivity index (χ1) is 8.41. The Kier molecular flexibility index (Phi) is 3.16. The highest BCUT2D eigenvalue weighted by atomic mass is 16.1. The van der Waals surface area contributed by atoms with Crippen LogP contribution in [0.3, 0.4) is 0 Å². The highest BCUT2D eigenvalue weighted by Gasteiger charge is 2.12. The summed E-state index contributed by atoms with van der Waals surface area (Å²) in [5.74, 6) is -0.00666. The molecular formula is C15H20N2O. The second kappa shape index (κ2) is 4.48. The minimum atomic E-state index is -0.00666. The Morgan fingerprint density at radius 3 is 2.56 bits per heavy atom. The molecule has 0 radical (unpaired) electrons. The molecule has 3 heteroatoms. The number of rotatable bonds is 2. The van der Waals surface area contributed by atoms with Crippen molar-refractivity contribution in [2.75, 3.05) is 0 Å².